The van der Waals surface area contributed by atoms with Gasteiger partial charge < -0.3 is 10.1 Å². The van der Waals surface area contributed by atoms with Gasteiger partial charge in [-0.3, -0.25) is 9.59 Å². The first-order valence-corrected chi connectivity index (χ1v) is 8.29. The highest BCUT2D eigenvalue weighted by Crippen LogP contribution is 2.21. The molecule has 0 fully saturated rings. The fourth-order valence-corrected chi connectivity index (χ4v) is 2.39. The van der Waals surface area contributed by atoms with Crippen LogP contribution < -0.4 is 15.5 Å². The van der Waals surface area contributed by atoms with Crippen molar-refractivity contribution in [2.45, 2.75) is 13.3 Å². The van der Waals surface area contributed by atoms with Gasteiger partial charge in [0.1, 0.15) is 12.2 Å². The molecule has 0 saturated carbocycles. The molecule has 7 heteroatoms. The van der Waals surface area contributed by atoms with Crippen molar-refractivity contribution >= 4 is 39.6 Å². The molecular formula is C18H18BrN3O3. The standard InChI is InChI=1S/C18H18BrN3O3/c1-12-3-6-15(7-4-12)21-17(23)10-18(24)22-20-11-13-9-14(19)5-8-16(13)25-2/h3-9,11H,10H2,1-2H3,(H,21,23)(H,22,24). The predicted molar refractivity (Wildman–Crippen MR) is 101 cm³/mol. The molecule has 2 amide bonds. The van der Waals surface area contributed by atoms with Crippen molar-refractivity contribution in [2.75, 3.05) is 12.4 Å². The minimum Gasteiger partial charge on any atom is -0.496 e. The van der Waals surface area contributed by atoms with E-state index in [2.05, 4.69) is 31.8 Å². The van der Waals surface area contributed by atoms with Gasteiger partial charge in [0.15, 0.2) is 0 Å². The predicted octanol–water partition coefficient (Wildman–Crippen LogP) is 3.25. The van der Waals surface area contributed by atoms with E-state index in [1.165, 1.54) is 6.21 Å². The largest absolute Gasteiger partial charge is 0.496 e. The maximum atomic E-state index is 11.8. The van der Waals surface area contributed by atoms with Gasteiger partial charge in [0, 0.05) is 15.7 Å². The zero-order valence-corrected chi connectivity index (χ0v) is 15.5. The van der Waals surface area contributed by atoms with Crippen LogP contribution in [-0.4, -0.2) is 25.1 Å². The molecule has 0 radical (unpaired) electrons. The first-order valence-electron chi connectivity index (χ1n) is 7.50. The molecule has 0 aliphatic carbocycles. The molecule has 0 unspecified atom stereocenters. The number of rotatable bonds is 6. The second kappa shape index (κ2) is 8.98. The number of ether oxygens (including phenoxy) is 1. The van der Waals surface area contributed by atoms with Crippen LogP contribution in [0.4, 0.5) is 5.69 Å². The first-order chi connectivity index (χ1) is 12.0. The number of hydrogen-bond acceptors (Lipinski definition) is 4. The second-order valence-corrected chi connectivity index (χ2v) is 6.19. The van der Waals surface area contributed by atoms with Gasteiger partial charge in [-0.1, -0.05) is 33.6 Å². The summed E-state index contributed by atoms with van der Waals surface area (Å²) in [5.41, 5.74) is 4.76. The summed E-state index contributed by atoms with van der Waals surface area (Å²) in [4.78, 5) is 23.6. The Kier molecular flexibility index (Phi) is 6.71. The lowest BCUT2D eigenvalue weighted by Gasteiger charge is -2.06. The normalized spacial score (nSPS) is 10.5. The Morgan fingerprint density at radius 3 is 2.56 bits per heavy atom. The first kappa shape index (κ1) is 18.7. The molecule has 2 rings (SSSR count). The van der Waals surface area contributed by atoms with E-state index in [4.69, 9.17) is 4.74 Å². The molecule has 0 aliphatic rings. The highest BCUT2D eigenvalue weighted by molar-refractivity contribution is 9.10. The van der Waals surface area contributed by atoms with Crippen LogP contribution in [-0.2, 0) is 9.59 Å². The van der Waals surface area contributed by atoms with Gasteiger partial charge >= 0.3 is 0 Å². The molecule has 0 spiro atoms. The van der Waals surface area contributed by atoms with Crippen molar-refractivity contribution in [3.8, 4) is 5.75 Å². The van der Waals surface area contributed by atoms with E-state index in [9.17, 15) is 9.59 Å². The summed E-state index contributed by atoms with van der Waals surface area (Å²) < 4.78 is 6.07. The zero-order chi connectivity index (χ0) is 18.2. The lowest BCUT2D eigenvalue weighted by Crippen LogP contribution is -2.24. The molecule has 0 heterocycles. The summed E-state index contributed by atoms with van der Waals surface area (Å²) in [6.45, 7) is 1.96. The second-order valence-electron chi connectivity index (χ2n) is 5.27. The number of nitrogens with one attached hydrogen (secondary N) is 2. The molecule has 0 bridgehead atoms. The number of nitrogens with zero attached hydrogens (tertiary/aromatic N) is 1. The highest BCUT2D eigenvalue weighted by atomic mass is 79.9. The van der Waals surface area contributed by atoms with Crippen molar-refractivity contribution < 1.29 is 14.3 Å². The van der Waals surface area contributed by atoms with Crippen molar-refractivity contribution in [2.24, 2.45) is 5.10 Å². The van der Waals surface area contributed by atoms with E-state index >= 15 is 0 Å². The van der Waals surface area contributed by atoms with Crippen molar-refractivity contribution in [1.82, 2.24) is 5.43 Å². The Morgan fingerprint density at radius 2 is 1.88 bits per heavy atom. The topological polar surface area (TPSA) is 79.8 Å². The van der Waals surface area contributed by atoms with Crippen LogP contribution in [0.3, 0.4) is 0 Å². The Hall–Kier alpha value is -2.67. The molecule has 6 nitrogen and oxygen atoms in total. The van der Waals surface area contributed by atoms with Gasteiger partial charge in [-0.2, -0.15) is 5.10 Å². The van der Waals surface area contributed by atoms with Crippen LogP contribution >= 0.6 is 15.9 Å². The summed E-state index contributed by atoms with van der Waals surface area (Å²) in [5.74, 6) is -0.287. The number of carbonyl (C=O) groups excluding carboxylic acids is 2. The maximum absolute atomic E-state index is 11.8. The molecule has 2 aromatic carbocycles. The minimum atomic E-state index is -0.505. The van der Waals surface area contributed by atoms with E-state index in [1.54, 1.807) is 31.4 Å². The lowest BCUT2D eigenvalue weighted by molar-refractivity contribution is -0.126. The van der Waals surface area contributed by atoms with Gasteiger partial charge in [0.25, 0.3) is 0 Å². The number of anilines is 1. The zero-order valence-electron chi connectivity index (χ0n) is 13.9. The monoisotopic (exact) mass is 403 g/mol. The van der Waals surface area contributed by atoms with Gasteiger partial charge in [-0.25, -0.2) is 5.43 Å². The smallest absolute Gasteiger partial charge is 0.249 e. The minimum absolute atomic E-state index is 0.319. The highest BCUT2D eigenvalue weighted by Gasteiger charge is 2.09. The van der Waals surface area contributed by atoms with E-state index in [1.807, 2.05) is 25.1 Å². The van der Waals surface area contributed by atoms with Crippen molar-refractivity contribution in [3.05, 3.63) is 58.1 Å². The molecule has 130 valence electrons. The van der Waals surface area contributed by atoms with E-state index in [-0.39, 0.29) is 6.42 Å². The van der Waals surface area contributed by atoms with Gasteiger partial charge in [-0.05, 0) is 37.3 Å². The summed E-state index contributed by atoms with van der Waals surface area (Å²) in [6, 6.07) is 12.7. The molecule has 2 aromatic rings. The van der Waals surface area contributed by atoms with E-state index in [0.29, 0.717) is 17.0 Å². The summed E-state index contributed by atoms with van der Waals surface area (Å²) in [6.07, 6.45) is 1.14. The number of hydrazone groups is 1. The number of hydrogen-bond donors (Lipinski definition) is 2. The number of benzene rings is 2. The molecular weight excluding hydrogens is 386 g/mol. The van der Waals surface area contributed by atoms with Crippen LogP contribution in [0, 0.1) is 6.92 Å². The van der Waals surface area contributed by atoms with E-state index in [0.717, 1.165) is 10.0 Å². The number of halogens is 1. The molecule has 25 heavy (non-hydrogen) atoms. The van der Waals surface area contributed by atoms with Crippen LogP contribution in [0.1, 0.15) is 17.5 Å². The Morgan fingerprint density at radius 1 is 1.16 bits per heavy atom. The average molecular weight is 404 g/mol. The van der Waals surface area contributed by atoms with Gasteiger partial charge in [0.2, 0.25) is 11.8 Å². The molecule has 0 atom stereocenters. The van der Waals surface area contributed by atoms with E-state index < -0.39 is 11.8 Å². The SMILES string of the molecule is COc1ccc(Br)cc1C=NNC(=O)CC(=O)Nc1ccc(C)cc1. The fraction of sp³-hybridized carbons (Fsp3) is 0.167. The van der Waals surface area contributed by atoms with Crippen molar-refractivity contribution in [3.63, 3.8) is 0 Å². The van der Waals surface area contributed by atoms with Crippen molar-refractivity contribution in [1.29, 1.82) is 0 Å². The lowest BCUT2D eigenvalue weighted by atomic mass is 10.2. The molecule has 0 aliphatic heterocycles. The molecule has 0 saturated heterocycles. The summed E-state index contributed by atoms with van der Waals surface area (Å²) >= 11 is 3.36. The number of methoxy groups -OCH3 is 1. The molecule has 2 N–H and O–H groups in total. The van der Waals surface area contributed by atoms with Crippen LogP contribution in [0.2, 0.25) is 0 Å². The Balaban J connectivity index is 1.86. The van der Waals surface area contributed by atoms with Crippen LogP contribution in [0.25, 0.3) is 0 Å². The maximum Gasteiger partial charge on any atom is 0.249 e. The Bertz CT molecular complexity index is 789. The van der Waals surface area contributed by atoms with Crippen LogP contribution in [0.5, 0.6) is 5.75 Å². The average Bonchev–Trinajstić information content (AvgIpc) is 2.57. The fourth-order valence-electron chi connectivity index (χ4n) is 2.01. The number of amides is 2. The van der Waals surface area contributed by atoms with Gasteiger partial charge in [0.05, 0.1) is 13.3 Å². The summed E-state index contributed by atoms with van der Waals surface area (Å²) in [5, 5.41) is 6.51. The Labute approximate surface area is 154 Å². The number of carbonyl (C=O) groups is 2. The summed E-state index contributed by atoms with van der Waals surface area (Å²) in [7, 11) is 1.55. The molecule has 0 aromatic heterocycles. The number of aryl methyl sites for hydroxylation is 1. The third kappa shape index (κ3) is 6.04. The quantitative estimate of drug-likeness (QED) is 0.441. The van der Waals surface area contributed by atoms with Crippen LogP contribution in [0.15, 0.2) is 52.0 Å². The third-order valence-electron chi connectivity index (χ3n) is 3.24. The van der Waals surface area contributed by atoms with Gasteiger partial charge in [-0.15, -0.1) is 0 Å². The third-order valence-corrected chi connectivity index (χ3v) is 3.73.